The number of hydrogen-bond acceptors (Lipinski definition) is 2. The van der Waals surface area contributed by atoms with Gasteiger partial charge in [0.15, 0.2) is 0 Å². The number of benzene rings is 1. The molecule has 2 rings (SSSR count). The molecule has 0 aliphatic heterocycles. The third-order valence-electron chi connectivity index (χ3n) is 3.57. The molecule has 1 nitrogen and oxygen atoms in total. The summed E-state index contributed by atoms with van der Waals surface area (Å²) in [5.41, 5.74) is 1.68. The highest BCUT2D eigenvalue weighted by atomic mass is 32.2. The van der Waals surface area contributed by atoms with Crippen molar-refractivity contribution in [1.29, 1.82) is 0 Å². The number of rotatable bonds is 4. The number of methoxy groups -OCH3 is 1. The van der Waals surface area contributed by atoms with E-state index in [2.05, 4.69) is 50.3 Å². The Hall–Kier alpha value is -0.730. The largest absolute Gasteiger partial charge is 0.377 e. The summed E-state index contributed by atoms with van der Waals surface area (Å²) in [5, 5.41) is 0. The molecule has 0 radical (unpaired) electrons. The predicted molar refractivity (Wildman–Crippen MR) is 79.2 cm³/mol. The van der Waals surface area contributed by atoms with E-state index in [1.807, 2.05) is 11.8 Å². The average molecular weight is 262 g/mol. The van der Waals surface area contributed by atoms with Gasteiger partial charge in [-0.2, -0.15) is 0 Å². The number of hydrogen-bond donors (Lipinski definition) is 0. The minimum atomic E-state index is 0.294. The van der Waals surface area contributed by atoms with Crippen LogP contribution >= 0.6 is 11.8 Å². The van der Waals surface area contributed by atoms with Gasteiger partial charge in [-0.05, 0) is 37.3 Å². The maximum atomic E-state index is 5.46. The van der Waals surface area contributed by atoms with Crippen molar-refractivity contribution in [1.82, 2.24) is 0 Å². The zero-order chi connectivity index (χ0) is 13.0. The molecule has 0 fully saturated rings. The molecular formula is C16H22OS. The quantitative estimate of drug-likeness (QED) is 0.585. The van der Waals surface area contributed by atoms with Gasteiger partial charge in [0.05, 0.1) is 6.10 Å². The molecule has 0 N–H and O–H groups in total. The van der Waals surface area contributed by atoms with Gasteiger partial charge in [-0.3, -0.25) is 0 Å². The van der Waals surface area contributed by atoms with Gasteiger partial charge in [0.25, 0.3) is 0 Å². The molecule has 0 saturated heterocycles. The molecule has 1 aliphatic carbocycles. The molecule has 18 heavy (non-hydrogen) atoms. The molecule has 1 aromatic rings. The zero-order valence-corrected chi connectivity index (χ0v) is 12.3. The van der Waals surface area contributed by atoms with E-state index in [1.54, 1.807) is 7.11 Å². The Labute approximate surface area is 115 Å². The Morgan fingerprint density at radius 3 is 2.72 bits per heavy atom. The Morgan fingerprint density at radius 2 is 2.06 bits per heavy atom. The van der Waals surface area contributed by atoms with Crippen molar-refractivity contribution in [3.63, 3.8) is 0 Å². The van der Waals surface area contributed by atoms with Crippen LogP contribution in [0.1, 0.15) is 25.3 Å². The molecule has 0 amide bonds. The Morgan fingerprint density at radius 1 is 1.33 bits per heavy atom. The standard InChI is InChI=1S/C16H22OS/c1-13-6-8-15(9-7-13)18-12-16(2)10-4-5-14(11-16)17-3/h4-9,14H,10-12H2,1-3H3/t14-,16-/m1/s1. The van der Waals surface area contributed by atoms with E-state index < -0.39 is 0 Å². The van der Waals surface area contributed by atoms with Crippen LogP contribution in [0.3, 0.4) is 0 Å². The number of ether oxygens (including phenoxy) is 1. The number of allylic oxidation sites excluding steroid dienone is 1. The van der Waals surface area contributed by atoms with Crippen molar-refractivity contribution in [2.75, 3.05) is 12.9 Å². The first-order chi connectivity index (χ1) is 8.61. The molecule has 0 heterocycles. The minimum Gasteiger partial charge on any atom is -0.377 e. The summed E-state index contributed by atoms with van der Waals surface area (Å²) in [4.78, 5) is 1.37. The maximum absolute atomic E-state index is 5.46. The highest BCUT2D eigenvalue weighted by Crippen LogP contribution is 2.38. The average Bonchev–Trinajstić information content (AvgIpc) is 2.38. The maximum Gasteiger partial charge on any atom is 0.0757 e. The van der Waals surface area contributed by atoms with Crippen LogP contribution in [0.15, 0.2) is 41.3 Å². The first kappa shape index (κ1) is 13.7. The predicted octanol–water partition coefficient (Wildman–Crippen LogP) is 4.46. The van der Waals surface area contributed by atoms with Crippen molar-refractivity contribution < 1.29 is 4.74 Å². The van der Waals surface area contributed by atoms with E-state index in [-0.39, 0.29) is 0 Å². The van der Waals surface area contributed by atoms with E-state index in [0.717, 1.165) is 18.6 Å². The molecule has 1 aliphatic rings. The van der Waals surface area contributed by atoms with Crippen LogP contribution in [0.2, 0.25) is 0 Å². The van der Waals surface area contributed by atoms with E-state index >= 15 is 0 Å². The van der Waals surface area contributed by atoms with Crippen molar-refractivity contribution in [3.8, 4) is 0 Å². The van der Waals surface area contributed by atoms with E-state index in [9.17, 15) is 0 Å². The smallest absolute Gasteiger partial charge is 0.0757 e. The van der Waals surface area contributed by atoms with Crippen LogP contribution in [0.25, 0.3) is 0 Å². The lowest BCUT2D eigenvalue weighted by Crippen LogP contribution is -2.28. The first-order valence-electron chi connectivity index (χ1n) is 6.50. The summed E-state index contributed by atoms with van der Waals surface area (Å²) in [6.45, 7) is 4.49. The second-order valence-corrected chi connectivity index (χ2v) is 6.57. The first-order valence-corrected chi connectivity index (χ1v) is 7.49. The van der Waals surface area contributed by atoms with Gasteiger partial charge in [0.1, 0.15) is 0 Å². The Bertz CT molecular complexity index is 410. The normalized spacial score (nSPS) is 27.4. The van der Waals surface area contributed by atoms with E-state index in [0.29, 0.717) is 11.5 Å². The fourth-order valence-corrected chi connectivity index (χ4v) is 3.39. The fraction of sp³-hybridized carbons (Fsp3) is 0.500. The SMILES string of the molecule is CO[C@@H]1C=CC[C@@](C)(CSc2ccc(C)cc2)C1. The number of aryl methyl sites for hydroxylation is 1. The highest BCUT2D eigenvalue weighted by Gasteiger charge is 2.29. The van der Waals surface area contributed by atoms with Crippen LogP contribution in [0, 0.1) is 12.3 Å². The van der Waals surface area contributed by atoms with Crippen molar-refractivity contribution >= 4 is 11.8 Å². The lowest BCUT2D eigenvalue weighted by molar-refractivity contribution is 0.0907. The minimum absolute atomic E-state index is 0.294. The van der Waals surface area contributed by atoms with Gasteiger partial charge in [-0.25, -0.2) is 0 Å². The van der Waals surface area contributed by atoms with Crippen LogP contribution in [0.5, 0.6) is 0 Å². The Kier molecular flexibility index (Phi) is 4.52. The molecule has 1 aromatic carbocycles. The van der Waals surface area contributed by atoms with Gasteiger partial charge < -0.3 is 4.74 Å². The lowest BCUT2D eigenvalue weighted by atomic mass is 9.79. The van der Waals surface area contributed by atoms with Crippen molar-refractivity contribution in [2.24, 2.45) is 5.41 Å². The summed E-state index contributed by atoms with van der Waals surface area (Å²) >= 11 is 1.96. The highest BCUT2D eigenvalue weighted by molar-refractivity contribution is 7.99. The molecule has 0 saturated carbocycles. The third kappa shape index (κ3) is 3.63. The lowest BCUT2D eigenvalue weighted by Gasteiger charge is -2.34. The van der Waals surface area contributed by atoms with Crippen molar-refractivity contribution in [3.05, 3.63) is 42.0 Å². The van der Waals surface area contributed by atoms with Crippen LogP contribution in [0.4, 0.5) is 0 Å². The molecule has 0 bridgehead atoms. The monoisotopic (exact) mass is 262 g/mol. The van der Waals surface area contributed by atoms with Gasteiger partial charge in [-0.1, -0.05) is 36.8 Å². The summed E-state index contributed by atoms with van der Waals surface area (Å²) in [7, 11) is 1.80. The van der Waals surface area contributed by atoms with E-state index in [4.69, 9.17) is 4.74 Å². The molecular weight excluding hydrogens is 240 g/mol. The molecule has 0 aromatic heterocycles. The second kappa shape index (κ2) is 5.94. The summed E-state index contributed by atoms with van der Waals surface area (Å²) in [6.07, 6.45) is 7.04. The van der Waals surface area contributed by atoms with Gasteiger partial charge in [0, 0.05) is 17.8 Å². The van der Waals surface area contributed by atoms with Gasteiger partial charge in [-0.15, -0.1) is 11.8 Å². The molecule has 98 valence electrons. The topological polar surface area (TPSA) is 9.23 Å². The molecule has 0 unspecified atom stereocenters. The van der Waals surface area contributed by atoms with Crippen LogP contribution < -0.4 is 0 Å². The summed E-state index contributed by atoms with van der Waals surface area (Å²) in [6, 6.07) is 8.80. The summed E-state index contributed by atoms with van der Waals surface area (Å²) < 4.78 is 5.46. The fourth-order valence-electron chi connectivity index (χ4n) is 2.31. The van der Waals surface area contributed by atoms with Gasteiger partial charge in [0.2, 0.25) is 0 Å². The molecule has 0 spiro atoms. The van der Waals surface area contributed by atoms with Gasteiger partial charge >= 0.3 is 0 Å². The van der Waals surface area contributed by atoms with Crippen molar-refractivity contribution in [2.45, 2.75) is 37.7 Å². The number of thioether (sulfide) groups is 1. The summed E-state index contributed by atoms with van der Waals surface area (Å²) in [5.74, 6) is 1.15. The zero-order valence-electron chi connectivity index (χ0n) is 11.5. The van der Waals surface area contributed by atoms with E-state index in [1.165, 1.54) is 10.5 Å². The van der Waals surface area contributed by atoms with Crippen LogP contribution in [-0.4, -0.2) is 19.0 Å². The van der Waals surface area contributed by atoms with Crippen LogP contribution in [-0.2, 0) is 4.74 Å². The molecule has 2 heteroatoms. The second-order valence-electron chi connectivity index (χ2n) is 5.52. The third-order valence-corrected chi connectivity index (χ3v) is 5.01. The molecule has 2 atom stereocenters. The Balaban J connectivity index is 1.93.